The molecule has 0 bridgehead atoms. The Hall–Kier alpha value is -1.37. The number of hydrogen-bond donors (Lipinski definition) is 0. The third-order valence-electron chi connectivity index (χ3n) is 4.20. The number of aromatic nitrogens is 3. The Kier molecular flexibility index (Phi) is 5.92. The SMILES string of the molecule is Clc1ccccc1SCCCSc1nnc(C2CC2)n1Cc1ccco1. The van der Waals surface area contributed by atoms with Crippen LogP contribution in [0.1, 0.15) is 36.8 Å². The van der Waals surface area contributed by atoms with E-state index in [1.54, 1.807) is 18.0 Å². The van der Waals surface area contributed by atoms with Crippen molar-refractivity contribution in [2.45, 2.75) is 41.8 Å². The summed E-state index contributed by atoms with van der Waals surface area (Å²) in [5.74, 6) is 4.68. The van der Waals surface area contributed by atoms with Crippen molar-refractivity contribution in [3.8, 4) is 0 Å². The molecule has 2 heterocycles. The summed E-state index contributed by atoms with van der Waals surface area (Å²) in [5, 5.41) is 10.7. The van der Waals surface area contributed by atoms with Crippen molar-refractivity contribution >= 4 is 35.1 Å². The van der Waals surface area contributed by atoms with E-state index in [1.165, 1.54) is 12.8 Å². The van der Waals surface area contributed by atoms with Gasteiger partial charge < -0.3 is 4.42 Å². The minimum Gasteiger partial charge on any atom is -0.467 e. The maximum atomic E-state index is 6.20. The molecule has 1 aromatic carbocycles. The van der Waals surface area contributed by atoms with E-state index in [2.05, 4.69) is 20.8 Å². The van der Waals surface area contributed by atoms with E-state index >= 15 is 0 Å². The van der Waals surface area contributed by atoms with E-state index in [0.717, 1.165) is 44.6 Å². The van der Waals surface area contributed by atoms with Crippen molar-refractivity contribution in [2.24, 2.45) is 0 Å². The summed E-state index contributed by atoms with van der Waals surface area (Å²) in [6, 6.07) is 11.9. The molecular weight excluding hydrogens is 386 g/mol. The molecule has 1 saturated carbocycles. The fourth-order valence-electron chi connectivity index (χ4n) is 2.72. The average molecular weight is 406 g/mol. The van der Waals surface area contributed by atoms with Crippen LogP contribution in [0.15, 0.2) is 57.1 Å². The van der Waals surface area contributed by atoms with E-state index in [9.17, 15) is 0 Å². The van der Waals surface area contributed by atoms with Gasteiger partial charge in [0.15, 0.2) is 5.16 Å². The third kappa shape index (κ3) is 4.48. The molecule has 2 aromatic heterocycles. The number of rotatable bonds is 9. The zero-order chi connectivity index (χ0) is 17.8. The van der Waals surface area contributed by atoms with Crippen LogP contribution in [-0.2, 0) is 6.54 Å². The lowest BCUT2D eigenvalue weighted by Gasteiger charge is -2.08. The first-order chi connectivity index (χ1) is 12.8. The van der Waals surface area contributed by atoms with Gasteiger partial charge in [-0.05, 0) is 49.3 Å². The second-order valence-electron chi connectivity index (χ2n) is 6.26. The van der Waals surface area contributed by atoms with Gasteiger partial charge in [0.1, 0.15) is 11.6 Å². The molecule has 1 aliphatic rings. The van der Waals surface area contributed by atoms with Gasteiger partial charge in [0, 0.05) is 16.6 Å². The largest absolute Gasteiger partial charge is 0.467 e. The van der Waals surface area contributed by atoms with E-state index in [4.69, 9.17) is 16.0 Å². The van der Waals surface area contributed by atoms with Crippen LogP contribution in [0.5, 0.6) is 0 Å². The van der Waals surface area contributed by atoms with Crippen LogP contribution < -0.4 is 0 Å². The van der Waals surface area contributed by atoms with Crippen LogP contribution in [-0.4, -0.2) is 26.3 Å². The van der Waals surface area contributed by atoms with Crippen molar-refractivity contribution in [1.29, 1.82) is 0 Å². The van der Waals surface area contributed by atoms with Gasteiger partial charge in [-0.1, -0.05) is 35.5 Å². The average Bonchev–Trinajstić information content (AvgIpc) is 3.21. The van der Waals surface area contributed by atoms with Crippen molar-refractivity contribution in [3.05, 3.63) is 59.3 Å². The number of benzene rings is 1. The standard InChI is InChI=1S/C19H20ClN3OS2/c20-16-6-1-2-7-17(16)25-11-4-12-26-19-22-21-18(14-8-9-14)23(19)13-15-5-3-10-24-15/h1-3,5-7,10,14H,4,8-9,11-13H2. The molecule has 4 nitrogen and oxygen atoms in total. The highest BCUT2D eigenvalue weighted by atomic mass is 35.5. The Morgan fingerprint density at radius 3 is 2.69 bits per heavy atom. The van der Waals surface area contributed by atoms with Crippen LogP contribution in [0.25, 0.3) is 0 Å². The van der Waals surface area contributed by atoms with Crippen molar-refractivity contribution < 1.29 is 4.42 Å². The normalized spacial score (nSPS) is 14.0. The molecule has 0 radical (unpaired) electrons. The van der Waals surface area contributed by atoms with Gasteiger partial charge in [-0.15, -0.1) is 22.0 Å². The minimum atomic E-state index is 0.572. The molecule has 0 saturated heterocycles. The van der Waals surface area contributed by atoms with Gasteiger partial charge in [0.25, 0.3) is 0 Å². The maximum absolute atomic E-state index is 6.20. The molecule has 3 aromatic rings. The zero-order valence-corrected chi connectivity index (χ0v) is 16.7. The summed E-state index contributed by atoms with van der Waals surface area (Å²) in [6.45, 7) is 0.711. The zero-order valence-electron chi connectivity index (χ0n) is 14.3. The van der Waals surface area contributed by atoms with Crippen LogP contribution in [0, 0.1) is 0 Å². The van der Waals surface area contributed by atoms with Gasteiger partial charge in [-0.2, -0.15) is 0 Å². The summed E-state index contributed by atoms with van der Waals surface area (Å²) in [6.07, 6.45) is 5.24. The van der Waals surface area contributed by atoms with Crippen molar-refractivity contribution in [2.75, 3.05) is 11.5 Å². The number of nitrogens with zero attached hydrogens (tertiary/aromatic N) is 3. The second-order valence-corrected chi connectivity index (χ2v) is 8.87. The van der Waals surface area contributed by atoms with Gasteiger partial charge in [-0.25, -0.2) is 0 Å². The van der Waals surface area contributed by atoms with Gasteiger partial charge in [0.05, 0.1) is 17.8 Å². The summed E-state index contributed by atoms with van der Waals surface area (Å²) in [5.41, 5.74) is 0. The summed E-state index contributed by atoms with van der Waals surface area (Å²) < 4.78 is 7.74. The van der Waals surface area contributed by atoms with Crippen molar-refractivity contribution in [3.63, 3.8) is 0 Å². The molecule has 0 atom stereocenters. The smallest absolute Gasteiger partial charge is 0.191 e. The minimum absolute atomic E-state index is 0.572. The highest BCUT2D eigenvalue weighted by Crippen LogP contribution is 2.40. The molecule has 1 fully saturated rings. The summed E-state index contributed by atoms with van der Waals surface area (Å²) in [7, 11) is 0. The first kappa shape index (κ1) is 18.0. The molecule has 7 heteroatoms. The predicted molar refractivity (Wildman–Crippen MR) is 107 cm³/mol. The number of hydrogen-bond acceptors (Lipinski definition) is 5. The van der Waals surface area contributed by atoms with Crippen LogP contribution in [0.2, 0.25) is 5.02 Å². The fraction of sp³-hybridized carbons (Fsp3) is 0.368. The van der Waals surface area contributed by atoms with Gasteiger partial charge >= 0.3 is 0 Å². The first-order valence-corrected chi connectivity index (χ1v) is 11.1. The lowest BCUT2D eigenvalue weighted by atomic mass is 10.3. The monoisotopic (exact) mass is 405 g/mol. The lowest BCUT2D eigenvalue weighted by Crippen LogP contribution is -2.05. The molecular formula is C19H20ClN3OS2. The molecule has 1 aliphatic carbocycles. The number of thioether (sulfide) groups is 2. The topological polar surface area (TPSA) is 43.9 Å². The second kappa shape index (κ2) is 8.55. The molecule has 4 rings (SSSR count). The summed E-state index contributed by atoms with van der Waals surface area (Å²) >= 11 is 9.79. The first-order valence-electron chi connectivity index (χ1n) is 8.77. The maximum Gasteiger partial charge on any atom is 0.191 e. The Morgan fingerprint density at radius 1 is 1.08 bits per heavy atom. The van der Waals surface area contributed by atoms with E-state index in [0.29, 0.717) is 12.5 Å². The highest BCUT2D eigenvalue weighted by molar-refractivity contribution is 8.00. The van der Waals surface area contributed by atoms with Crippen LogP contribution in [0.4, 0.5) is 0 Å². The lowest BCUT2D eigenvalue weighted by molar-refractivity contribution is 0.478. The Balaban J connectivity index is 1.32. The Morgan fingerprint density at radius 2 is 1.92 bits per heavy atom. The van der Waals surface area contributed by atoms with E-state index < -0.39 is 0 Å². The number of furan rings is 1. The molecule has 0 N–H and O–H groups in total. The van der Waals surface area contributed by atoms with Crippen LogP contribution in [0.3, 0.4) is 0 Å². The fourth-order valence-corrected chi connectivity index (χ4v) is 4.98. The Bertz CT molecular complexity index is 846. The Labute approximate surface area is 166 Å². The van der Waals surface area contributed by atoms with Gasteiger partial charge in [-0.3, -0.25) is 4.57 Å². The molecule has 0 unspecified atom stereocenters. The summed E-state index contributed by atoms with van der Waals surface area (Å²) in [4.78, 5) is 1.15. The molecule has 26 heavy (non-hydrogen) atoms. The van der Waals surface area contributed by atoms with E-state index in [1.807, 2.05) is 42.1 Å². The van der Waals surface area contributed by atoms with E-state index in [-0.39, 0.29) is 0 Å². The molecule has 0 aliphatic heterocycles. The third-order valence-corrected chi connectivity index (χ3v) is 6.85. The van der Waals surface area contributed by atoms with Crippen molar-refractivity contribution in [1.82, 2.24) is 14.8 Å². The highest BCUT2D eigenvalue weighted by Gasteiger charge is 2.30. The molecule has 136 valence electrons. The molecule has 0 amide bonds. The van der Waals surface area contributed by atoms with Crippen LogP contribution >= 0.6 is 35.1 Å². The predicted octanol–water partition coefficient (Wildman–Crippen LogP) is 5.72. The molecule has 0 spiro atoms. The van der Waals surface area contributed by atoms with Gasteiger partial charge in [0.2, 0.25) is 0 Å². The quantitative estimate of drug-likeness (QED) is 0.336. The number of halogens is 1.